The minimum atomic E-state index is -1.88. The van der Waals surface area contributed by atoms with E-state index in [4.69, 9.17) is 11.1 Å². The highest BCUT2D eigenvalue weighted by atomic mass is 35.6. The van der Waals surface area contributed by atoms with E-state index in [0.29, 0.717) is 0 Å². The lowest BCUT2D eigenvalue weighted by atomic mass is 10.2. The molecule has 0 nitrogen and oxygen atoms in total. The van der Waals surface area contributed by atoms with Crippen LogP contribution in [0.1, 0.15) is 40.5 Å². The van der Waals surface area contributed by atoms with Gasteiger partial charge in [0.05, 0.1) is 0 Å². The van der Waals surface area contributed by atoms with E-state index in [0.717, 1.165) is 0 Å². The Morgan fingerprint density at radius 2 is 1.69 bits per heavy atom. The standard InChI is InChI=1S/C14H23ClSi/c1-5-6-12-16(15,14(2,3)4)13-10-8-7-9-11-13/h7-11H,5-6,12H2,1-4H3/t16-/m1/s1. The van der Waals surface area contributed by atoms with E-state index in [1.807, 2.05) is 0 Å². The fourth-order valence-corrected chi connectivity index (χ4v) is 6.32. The Morgan fingerprint density at radius 3 is 2.12 bits per heavy atom. The van der Waals surface area contributed by atoms with Gasteiger partial charge in [-0.3, -0.25) is 0 Å². The van der Waals surface area contributed by atoms with Crippen LogP contribution in [0, 0.1) is 0 Å². The minimum absolute atomic E-state index is 0.213. The zero-order chi connectivity index (χ0) is 12.2. The first-order chi connectivity index (χ1) is 7.42. The maximum Gasteiger partial charge on any atom is 0.192 e. The first-order valence-corrected chi connectivity index (χ1v) is 9.38. The number of hydrogen-bond acceptors (Lipinski definition) is 0. The largest absolute Gasteiger partial charge is 0.192 e. The van der Waals surface area contributed by atoms with Crippen molar-refractivity contribution in [1.82, 2.24) is 0 Å². The highest BCUT2D eigenvalue weighted by Crippen LogP contribution is 2.42. The second-order valence-corrected chi connectivity index (χ2v) is 11.6. The molecule has 0 aliphatic heterocycles. The lowest BCUT2D eigenvalue weighted by Crippen LogP contribution is -2.49. The van der Waals surface area contributed by atoms with Gasteiger partial charge in [-0.2, -0.15) is 11.1 Å². The zero-order valence-corrected chi connectivity index (χ0v) is 12.6. The van der Waals surface area contributed by atoms with Crippen LogP contribution >= 0.6 is 11.1 Å². The van der Waals surface area contributed by atoms with E-state index in [9.17, 15) is 0 Å². The summed E-state index contributed by atoms with van der Waals surface area (Å²) in [6.07, 6.45) is 2.46. The van der Waals surface area contributed by atoms with Crippen molar-refractivity contribution in [2.75, 3.05) is 0 Å². The van der Waals surface area contributed by atoms with Crippen LogP contribution in [0.5, 0.6) is 0 Å². The van der Waals surface area contributed by atoms with Crippen LogP contribution in [0.25, 0.3) is 0 Å². The fraction of sp³-hybridized carbons (Fsp3) is 0.571. The van der Waals surface area contributed by atoms with Crippen LogP contribution in [0.4, 0.5) is 0 Å². The molecule has 90 valence electrons. The Morgan fingerprint density at radius 1 is 1.12 bits per heavy atom. The summed E-state index contributed by atoms with van der Waals surface area (Å²) in [5.74, 6) is 0. The van der Waals surface area contributed by atoms with Gasteiger partial charge in [0.2, 0.25) is 0 Å². The molecule has 0 radical (unpaired) electrons. The molecule has 1 rings (SSSR count). The van der Waals surface area contributed by atoms with Crippen LogP contribution in [0.15, 0.2) is 30.3 Å². The monoisotopic (exact) mass is 254 g/mol. The first-order valence-electron chi connectivity index (χ1n) is 6.16. The van der Waals surface area contributed by atoms with E-state index < -0.39 is 7.38 Å². The molecule has 0 aromatic heterocycles. The average Bonchev–Trinajstić information content (AvgIpc) is 2.25. The number of hydrogen-bond donors (Lipinski definition) is 0. The van der Waals surface area contributed by atoms with Crippen LogP contribution < -0.4 is 5.19 Å². The predicted octanol–water partition coefficient (Wildman–Crippen LogP) is 4.68. The second kappa shape index (κ2) is 5.37. The molecule has 0 spiro atoms. The van der Waals surface area contributed by atoms with Crippen molar-refractivity contribution >= 4 is 23.6 Å². The molecule has 0 amide bonds. The van der Waals surface area contributed by atoms with Gasteiger partial charge in [-0.05, 0) is 16.3 Å². The third-order valence-electron chi connectivity index (χ3n) is 3.29. The molecule has 0 fully saturated rings. The zero-order valence-electron chi connectivity index (χ0n) is 10.9. The van der Waals surface area contributed by atoms with Gasteiger partial charge in [0.25, 0.3) is 0 Å². The molecule has 0 unspecified atom stereocenters. The smallest absolute Gasteiger partial charge is 0.160 e. The molecular weight excluding hydrogens is 232 g/mol. The first kappa shape index (κ1) is 13.8. The summed E-state index contributed by atoms with van der Waals surface area (Å²) < 4.78 is 0. The van der Waals surface area contributed by atoms with Crippen LogP contribution in [-0.4, -0.2) is 7.38 Å². The summed E-state index contributed by atoms with van der Waals surface area (Å²) >= 11 is 7.06. The molecule has 0 saturated heterocycles. The molecular formula is C14H23ClSi. The summed E-state index contributed by atoms with van der Waals surface area (Å²) in [6.45, 7) is 9.10. The maximum atomic E-state index is 7.06. The van der Waals surface area contributed by atoms with Gasteiger partial charge in [-0.1, -0.05) is 70.9 Å². The molecule has 0 bridgehead atoms. The van der Waals surface area contributed by atoms with Gasteiger partial charge in [0.1, 0.15) is 0 Å². The van der Waals surface area contributed by atoms with Gasteiger partial charge in [-0.15, -0.1) is 0 Å². The van der Waals surface area contributed by atoms with Gasteiger partial charge >= 0.3 is 0 Å². The SMILES string of the molecule is CCCC[Si@@](Cl)(c1ccccc1)C(C)(C)C. The molecule has 16 heavy (non-hydrogen) atoms. The maximum absolute atomic E-state index is 7.06. The molecule has 0 aliphatic carbocycles. The molecule has 0 saturated carbocycles. The molecule has 1 aromatic rings. The van der Waals surface area contributed by atoms with E-state index >= 15 is 0 Å². The number of unbranched alkanes of at least 4 members (excludes halogenated alkanes) is 1. The number of halogens is 1. The number of rotatable bonds is 4. The summed E-state index contributed by atoms with van der Waals surface area (Å²) in [4.78, 5) is 0. The van der Waals surface area contributed by atoms with Crippen LogP contribution in [0.2, 0.25) is 11.1 Å². The second-order valence-electron chi connectivity index (χ2n) is 5.52. The normalized spacial score (nSPS) is 15.8. The highest BCUT2D eigenvalue weighted by Gasteiger charge is 2.43. The van der Waals surface area contributed by atoms with Crippen molar-refractivity contribution in [3.63, 3.8) is 0 Å². The quantitative estimate of drug-likeness (QED) is 0.541. The molecule has 1 atom stereocenters. The molecule has 0 aliphatic rings. The Kier molecular flexibility index (Phi) is 4.63. The van der Waals surface area contributed by atoms with Gasteiger partial charge in [0.15, 0.2) is 7.38 Å². The molecule has 1 aromatic carbocycles. The van der Waals surface area contributed by atoms with Gasteiger partial charge < -0.3 is 0 Å². The highest BCUT2D eigenvalue weighted by molar-refractivity contribution is 7.28. The van der Waals surface area contributed by atoms with Crippen molar-refractivity contribution in [2.45, 2.75) is 51.6 Å². The number of benzene rings is 1. The lowest BCUT2D eigenvalue weighted by molar-refractivity contribution is 0.720. The lowest BCUT2D eigenvalue weighted by Gasteiger charge is -2.38. The van der Waals surface area contributed by atoms with Crippen molar-refractivity contribution in [3.05, 3.63) is 30.3 Å². The van der Waals surface area contributed by atoms with Gasteiger partial charge in [-0.25, -0.2) is 0 Å². The molecule has 0 heterocycles. The van der Waals surface area contributed by atoms with E-state index in [2.05, 4.69) is 58.0 Å². The van der Waals surface area contributed by atoms with E-state index in [1.54, 1.807) is 0 Å². The average molecular weight is 255 g/mol. The summed E-state index contributed by atoms with van der Waals surface area (Å²) in [6, 6.07) is 11.9. The Hall–Kier alpha value is -0.273. The molecule has 0 N–H and O–H groups in total. The van der Waals surface area contributed by atoms with Crippen molar-refractivity contribution < 1.29 is 0 Å². The van der Waals surface area contributed by atoms with E-state index in [1.165, 1.54) is 24.1 Å². The Bertz CT molecular complexity index is 315. The summed E-state index contributed by atoms with van der Waals surface area (Å²) in [5, 5.41) is 1.60. The van der Waals surface area contributed by atoms with E-state index in [-0.39, 0.29) is 5.04 Å². The third kappa shape index (κ3) is 2.89. The van der Waals surface area contributed by atoms with Crippen molar-refractivity contribution in [1.29, 1.82) is 0 Å². The topological polar surface area (TPSA) is 0 Å². The third-order valence-corrected chi connectivity index (χ3v) is 10.9. The fourth-order valence-electron chi connectivity index (χ4n) is 2.08. The Labute approximate surface area is 106 Å². The Balaban J connectivity index is 3.05. The summed E-state index contributed by atoms with van der Waals surface area (Å²) in [7, 11) is -1.88. The predicted molar refractivity (Wildman–Crippen MR) is 77.1 cm³/mol. The van der Waals surface area contributed by atoms with Crippen molar-refractivity contribution in [2.24, 2.45) is 0 Å². The minimum Gasteiger partial charge on any atom is -0.160 e. The van der Waals surface area contributed by atoms with Crippen LogP contribution in [-0.2, 0) is 0 Å². The summed E-state index contributed by atoms with van der Waals surface area (Å²) in [5.41, 5.74) is 0. The van der Waals surface area contributed by atoms with Crippen molar-refractivity contribution in [3.8, 4) is 0 Å². The molecule has 2 heteroatoms. The van der Waals surface area contributed by atoms with Gasteiger partial charge in [0, 0.05) is 0 Å². The van der Waals surface area contributed by atoms with Crippen LogP contribution in [0.3, 0.4) is 0 Å².